The molecule has 0 bridgehead atoms. The van der Waals surface area contributed by atoms with Crippen molar-refractivity contribution >= 4 is 15.9 Å². The lowest BCUT2D eigenvalue weighted by Gasteiger charge is -2.05. The Morgan fingerprint density at radius 2 is 1.90 bits per heavy atom. The molecule has 0 aromatic heterocycles. The van der Waals surface area contributed by atoms with Crippen molar-refractivity contribution in [2.45, 2.75) is 39.2 Å². The molecule has 0 spiro atoms. The second-order valence-corrected chi connectivity index (χ2v) is 3.46. The Bertz CT molecular complexity index is 64.3. The van der Waals surface area contributed by atoms with Crippen LogP contribution in [0.5, 0.6) is 0 Å². The van der Waals surface area contributed by atoms with Gasteiger partial charge in [-0.15, -0.1) is 0 Å². The van der Waals surface area contributed by atoms with Crippen molar-refractivity contribution < 1.29 is 4.74 Å². The van der Waals surface area contributed by atoms with Crippen molar-refractivity contribution in [3.8, 4) is 0 Å². The van der Waals surface area contributed by atoms with Gasteiger partial charge in [0.25, 0.3) is 0 Å². The van der Waals surface area contributed by atoms with Crippen LogP contribution in [0.25, 0.3) is 0 Å². The van der Waals surface area contributed by atoms with E-state index < -0.39 is 0 Å². The topological polar surface area (TPSA) is 9.23 Å². The van der Waals surface area contributed by atoms with Crippen LogP contribution in [0.15, 0.2) is 0 Å². The molecule has 0 amide bonds. The summed E-state index contributed by atoms with van der Waals surface area (Å²) < 4.78 is 5.37. The molecule has 10 heavy (non-hydrogen) atoms. The first-order valence-corrected chi connectivity index (χ1v) is 5.07. The monoisotopic (exact) mass is 208 g/mol. The Balaban J connectivity index is 2.77. The fourth-order valence-electron chi connectivity index (χ4n) is 0.692. The number of ether oxygens (including phenoxy) is 1. The third-order valence-electron chi connectivity index (χ3n) is 1.23. The van der Waals surface area contributed by atoms with Gasteiger partial charge in [0, 0.05) is 11.9 Å². The molecule has 0 aliphatic rings. The molecule has 0 saturated heterocycles. The summed E-state index contributed by atoms with van der Waals surface area (Å²) in [5, 5.41) is 1.12. The van der Waals surface area contributed by atoms with Gasteiger partial charge in [-0.3, -0.25) is 0 Å². The summed E-state index contributed by atoms with van der Waals surface area (Å²) in [5.41, 5.74) is 0. The van der Waals surface area contributed by atoms with Crippen molar-refractivity contribution in [1.29, 1.82) is 0 Å². The van der Waals surface area contributed by atoms with Crippen LogP contribution >= 0.6 is 15.9 Å². The first-order valence-electron chi connectivity index (χ1n) is 3.95. The zero-order valence-electron chi connectivity index (χ0n) is 6.90. The van der Waals surface area contributed by atoms with Crippen molar-refractivity contribution in [3.05, 3.63) is 0 Å². The SMILES string of the molecule is CC(C)OCCCCCBr. The molecule has 0 atom stereocenters. The molecule has 0 radical (unpaired) electrons. The van der Waals surface area contributed by atoms with Gasteiger partial charge in [-0.25, -0.2) is 0 Å². The van der Waals surface area contributed by atoms with E-state index >= 15 is 0 Å². The van der Waals surface area contributed by atoms with Gasteiger partial charge in [-0.05, 0) is 26.7 Å². The van der Waals surface area contributed by atoms with Crippen molar-refractivity contribution in [1.82, 2.24) is 0 Å². The van der Waals surface area contributed by atoms with Crippen LogP contribution in [0.4, 0.5) is 0 Å². The smallest absolute Gasteiger partial charge is 0.0518 e. The summed E-state index contributed by atoms with van der Waals surface area (Å²) in [5.74, 6) is 0. The maximum atomic E-state index is 5.37. The van der Waals surface area contributed by atoms with Crippen LogP contribution in [0, 0.1) is 0 Å². The van der Waals surface area contributed by atoms with Crippen LogP contribution in [0.3, 0.4) is 0 Å². The van der Waals surface area contributed by atoms with Crippen LogP contribution in [-0.4, -0.2) is 18.0 Å². The van der Waals surface area contributed by atoms with Crippen molar-refractivity contribution in [3.63, 3.8) is 0 Å². The highest BCUT2D eigenvalue weighted by atomic mass is 79.9. The van der Waals surface area contributed by atoms with Crippen LogP contribution in [-0.2, 0) is 4.74 Å². The van der Waals surface area contributed by atoms with Crippen LogP contribution in [0.2, 0.25) is 0 Å². The summed E-state index contributed by atoms with van der Waals surface area (Å²) in [6, 6.07) is 0. The molecule has 62 valence electrons. The molecule has 0 aromatic rings. The van der Waals surface area contributed by atoms with E-state index in [0.717, 1.165) is 11.9 Å². The maximum absolute atomic E-state index is 5.37. The first kappa shape index (κ1) is 10.4. The predicted molar refractivity (Wildman–Crippen MR) is 48.7 cm³/mol. The van der Waals surface area contributed by atoms with Gasteiger partial charge >= 0.3 is 0 Å². The van der Waals surface area contributed by atoms with E-state index in [0.29, 0.717) is 6.10 Å². The molecule has 0 N–H and O–H groups in total. The Morgan fingerprint density at radius 1 is 1.20 bits per heavy atom. The Labute approximate surface area is 72.3 Å². The number of halogens is 1. The van der Waals surface area contributed by atoms with Gasteiger partial charge in [0.05, 0.1) is 6.10 Å². The average molecular weight is 209 g/mol. The molecule has 0 heterocycles. The molecule has 0 fully saturated rings. The van der Waals surface area contributed by atoms with Crippen LogP contribution < -0.4 is 0 Å². The molecule has 0 aromatic carbocycles. The van der Waals surface area contributed by atoms with E-state index in [1.165, 1.54) is 19.3 Å². The zero-order chi connectivity index (χ0) is 7.82. The molecular weight excluding hydrogens is 192 g/mol. The number of hydrogen-bond acceptors (Lipinski definition) is 1. The summed E-state index contributed by atoms with van der Waals surface area (Å²) in [4.78, 5) is 0. The van der Waals surface area contributed by atoms with Gasteiger partial charge in [0.1, 0.15) is 0 Å². The summed E-state index contributed by atoms with van der Waals surface area (Å²) in [6.45, 7) is 5.07. The fraction of sp³-hybridized carbons (Fsp3) is 1.00. The molecule has 0 rings (SSSR count). The molecule has 0 saturated carbocycles. The third-order valence-corrected chi connectivity index (χ3v) is 1.79. The van der Waals surface area contributed by atoms with E-state index in [9.17, 15) is 0 Å². The maximum Gasteiger partial charge on any atom is 0.0518 e. The van der Waals surface area contributed by atoms with Gasteiger partial charge in [-0.2, -0.15) is 0 Å². The Hall–Kier alpha value is 0.440. The minimum Gasteiger partial charge on any atom is -0.379 e. The highest BCUT2D eigenvalue weighted by Crippen LogP contribution is 1.99. The van der Waals surface area contributed by atoms with E-state index in [-0.39, 0.29) is 0 Å². The summed E-state index contributed by atoms with van der Waals surface area (Å²) >= 11 is 3.39. The number of rotatable bonds is 6. The second-order valence-electron chi connectivity index (χ2n) is 2.67. The Morgan fingerprint density at radius 3 is 2.40 bits per heavy atom. The van der Waals surface area contributed by atoms with Gasteiger partial charge in [-0.1, -0.05) is 22.4 Å². The molecular formula is C8H17BrO. The number of hydrogen-bond donors (Lipinski definition) is 0. The second kappa shape index (κ2) is 7.55. The minimum atomic E-state index is 0.393. The van der Waals surface area contributed by atoms with E-state index in [4.69, 9.17) is 4.74 Å². The molecule has 1 nitrogen and oxygen atoms in total. The lowest BCUT2D eigenvalue weighted by atomic mass is 10.3. The van der Waals surface area contributed by atoms with Crippen molar-refractivity contribution in [2.24, 2.45) is 0 Å². The Kier molecular flexibility index (Phi) is 7.88. The van der Waals surface area contributed by atoms with Gasteiger partial charge in [0.15, 0.2) is 0 Å². The molecule has 0 unspecified atom stereocenters. The molecule has 2 heteroatoms. The third kappa shape index (κ3) is 8.44. The van der Waals surface area contributed by atoms with Gasteiger partial charge in [0.2, 0.25) is 0 Å². The first-order chi connectivity index (χ1) is 4.77. The minimum absolute atomic E-state index is 0.393. The van der Waals surface area contributed by atoms with E-state index in [1.807, 2.05) is 0 Å². The molecule has 0 aliphatic heterocycles. The normalized spacial score (nSPS) is 10.8. The van der Waals surface area contributed by atoms with E-state index in [2.05, 4.69) is 29.8 Å². The highest BCUT2D eigenvalue weighted by Gasteiger charge is 1.91. The number of unbranched alkanes of at least 4 members (excludes halogenated alkanes) is 2. The van der Waals surface area contributed by atoms with Crippen molar-refractivity contribution in [2.75, 3.05) is 11.9 Å². The summed E-state index contributed by atoms with van der Waals surface area (Å²) in [7, 11) is 0. The molecule has 0 aliphatic carbocycles. The standard InChI is InChI=1S/C8H17BrO/c1-8(2)10-7-5-3-4-6-9/h8H,3-7H2,1-2H3. The fourth-order valence-corrected chi connectivity index (χ4v) is 1.09. The zero-order valence-corrected chi connectivity index (χ0v) is 8.49. The largest absolute Gasteiger partial charge is 0.379 e. The highest BCUT2D eigenvalue weighted by molar-refractivity contribution is 9.09. The van der Waals surface area contributed by atoms with E-state index in [1.54, 1.807) is 0 Å². The summed E-state index contributed by atoms with van der Waals surface area (Å²) in [6.07, 6.45) is 4.13. The lowest BCUT2D eigenvalue weighted by molar-refractivity contribution is 0.0760. The lowest BCUT2D eigenvalue weighted by Crippen LogP contribution is -2.03. The average Bonchev–Trinajstić information content (AvgIpc) is 1.87. The van der Waals surface area contributed by atoms with Crippen LogP contribution in [0.1, 0.15) is 33.1 Å². The predicted octanol–water partition coefficient (Wildman–Crippen LogP) is 2.98. The number of alkyl halides is 1. The van der Waals surface area contributed by atoms with Gasteiger partial charge < -0.3 is 4.74 Å². The quantitative estimate of drug-likeness (QED) is 0.482.